The second-order valence-corrected chi connectivity index (χ2v) is 8.32. The minimum atomic E-state index is -3.65. The van der Waals surface area contributed by atoms with E-state index >= 15 is 0 Å². The predicted octanol–water partition coefficient (Wildman–Crippen LogP) is 3.67. The lowest BCUT2D eigenvalue weighted by atomic mass is 10.1. The summed E-state index contributed by atoms with van der Waals surface area (Å²) >= 11 is 0. The highest BCUT2D eigenvalue weighted by atomic mass is 32.2. The first-order chi connectivity index (χ1) is 12.1. The highest BCUT2D eigenvalue weighted by molar-refractivity contribution is 7.89. The molecule has 1 N–H and O–H groups in total. The first-order valence-electron chi connectivity index (χ1n) is 8.51. The maximum atomic E-state index is 12.8. The third kappa shape index (κ3) is 4.77. The zero-order chi connectivity index (χ0) is 19.5. The second kappa shape index (κ2) is 8.10. The minimum absolute atomic E-state index is 0.246. The van der Waals surface area contributed by atoms with Crippen LogP contribution in [0.1, 0.15) is 29.2 Å². The van der Waals surface area contributed by atoms with Crippen LogP contribution in [0.25, 0.3) is 0 Å². The van der Waals surface area contributed by atoms with E-state index in [0.29, 0.717) is 16.9 Å². The third-order valence-electron chi connectivity index (χ3n) is 4.27. The van der Waals surface area contributed by atoms with E-state index in [9.17, 15) is 8.42 Å². The number of nitrogens with one attached hydrogen (secondary N) is 1. The summed E-state index contributed by atoms with van der Waals surface area (Å²) in [7, 11) is -2.09. The molecule has 26 heavy (non-hydrogen) atoms. The highest BCUT2D eigenvalue weighted by Crippen LogP contribution is 2.25. The number of sulfonamides is 1. The molecule has 0 aliphatic rings. The molecule has 0 radical (unpaired) electrons. The molecule has 0 saturated carbocycles. The van der Waals surface area contributed by atoms with Crippen LogP contribution in [-0.4, -0.2) is 28.2 Å². The van der Waals surface area contributed by atoms with Crippen LogP contribution in [0.5, 0.6) is 11.5 Å². The molecule has 0 aliphatic carbocycles. The molecule has 0 fully saturated rings. The van der Waals surface area contributed by atoms with Crippen LogP contribution in [0, 0.1) is 27.7 Å². The van der Waals surface area contributed by atoms with Crippen molar-refractivity contribution < 1.29 is 17.9 Å². The predicted molar refractivity (Wildman–Crippen MR) is 104 cm³/mol. The molecule has 2 rings (SSSR count). The fourth-order valence-electron chi connectivity index (χ4n) is 2.83. The van der Waals surface area contributed by atoms with Crippen molar-refractivity contribution in [1.29, 1.82) is 0 Å². The molecule has 142 valence electrons. The van der Waals surface area contributed by atoms with Crippen LogP contribution in [0.2, 0.25) is 0 Å². The second-order valence-electron chi connectivity index (χ2n) is 6.67. The number of methoxy groups -OCH3 is 1. The van der Waals surface area contributed by atoms with Gasteiger partial charge in [0.1, 0.15) is 18.1 Å². The van der Waals surface area contributed by atoms with Crippen LogP contribution < -0.4 is 14.2 Å². The summed E-state index contributed by atoms with van der Waals surface area (Å²) in [5, 5.41) is 0. The van der Waals surface area contributed by atoms with Gasteiger partial charge in [0.25, 0.3) is 0 Å². The molecule has 0 bridgehead atoms. The summed E-state index contributed by atoms with van der Waals surface area (Å²) in [6.07, 6.45) is 0. The molecule has 6 heteroatoms. The molecule has 0 heterocycles. The third-order valence-corrected chi connectivity index (χ3v) is 6.17. The van der Waals surface area contributed by atoms with E-state index in [-0.39, 0.29) is 17.5 Å². The summed E-state index contributed by atoms with van der Waals surface area (Å²) < 4.78 is 39.2. The Balaban J connectivity index is 2.10. The van der Waals surface area contributed by atoms with E-state index in [1.165, 1.54) is 5.56 Å². The van der Waals surface area contributed by atoms with Gasteiger partial charge in [0.2, 0.25) is 10.0 Å². The van der Waals surface area contributed by atoms with Gasteiger partial charge < -0.3 is 9.47 Å². The lowest BCUT2D eigenvalue weighted by Crippen LogP contribution is -2.37. The van der Waals surface area contributed by atoms with E-state index in [2.05, 4.69) is 4.72 Å². The molecule has 0 aromatic heterocycles. The Bertz CT molecular complexity index is 868. The molecular formula is C20H27NO4S. The van der Waals surface area contributed by atoms with Gasteiger partial charge in [0.05, 0.1) is 18.0 Å². The summed E-state index contributed by atoms with van der Waals surface area (Å²) in [6, 6.07) is 8.90. The zero-order valence-electron chi connectivity index (χ0n) is 16.2. The highest BCUT2D eigenvalue weighted by Gasteiger charge is 2.22. The van der Waals surface area contributed by atoms with Crippen LogP contribution in [0.15, 0.2) is 35.2 Å². The number of hydrogen-bond acceptors (Lipinski definition) is 4. The number of rotatable bonds is 7. The first kappa shape index (κ1) is 20.3. The fraction of sp³-hybridized carbons (Fsp3) is 0.400. The minimum Gasteiger partial charge on any atom is -0.497 e. The van der Waals surface area contributed by atoms with Gasteiger partial charge in [-0.05, 0) is 81.1 Å². The van der Waals surface area contributed by atoms with E-state index in [0.717, 1.165) is 11.3 Å². The van der Waals surface area contributed by atoms with E-state index in [1.54, 1.807) is 40.0 Å². The van der Waals surface area contributed by atoms with Gasteiger partial charge in [-0.2, -0.15) is 0 Å². The average Bonchev–Trinajstić information content (AvgIpc) is 2.54. The van der Waals surface area contributed by atoms with Crippen molar-refractivity contribution in [3.63, 3.8) is 0 Å². The van der Waals surface area contributed by atoms with Crippen molar-refractivity contribution in [2.75, 3.05) is 13.7 Å². The molecule has 1 atom stereocenters. The zero-order valence-corrected chi connectivity index (χ0v) is 17.0. The Labute approximate surface area is 156 Å². The normalized spacial score (nSPS) is 12.7. The van der Waals surface area contributed by atoms with Crippen molar-refractivity contribution in [1.82, 2.24) is 4.72 Å². The van der Waals surface area contributed by atoms with Gasteiger partial charge in [-0.15, -0.1) is 0 Å². The van der Waals surface area contributed by atoms with Gasteiger partial charge in [-0.25, -0.2) is 13.1 Å². The van der Waals surface area contributed by atoms with Crippen molar-refractivity contribution in [3.8, 4) is 11.5 Å². The summed E-state index contributed by atoms with van der Waals surface area (Å²) in [6.45, 7) is 9.61. The number of ether oxygens (including phenoxy) is 2. The summed E-state index contributed by atoms with van der Waals surface area (Å²) in [4.78, 5) is 0.288. The first-order valence-corrected chi connectivity index (χ1v) is 10.00. The van der Waals surface area contributed by atoms with Gasteiger partial charge in [0.15, 0.2) is 0 Å². The quantitative estimate of drug-likeness (QED) is 0.799. The number of aryl methyl sites for hydroxylation is 4. The number of benzene rings is 2. The smallest absolute Gasteiger partial charge is 0.241 e. The monoisotopic (exact) mass is 377 g/mol. The Morgan fingerprint density at radius 2 is 1.50 bits per heavy atom. The summed E-state index contributed by atoms with van der Waals surface area (Å²) in [5.41, 5.74) is 3.63. The SMILES string of the molecule is COc1cc(C)c(S(=O)(=O)N[C@H](C)COc2ccc(C)c(C)c2)c(C)c1. The maximum Gasteiger partial charge on any atom is 0.241 e. The largest absolute Gasteiger partial charge is 0.497 e. The van der Waals surface area contributed by atoms with Crippen LogP contribution in [-0.2, 0) is 10.0 Å². The Hall–Kier alpha value is -2.05. The van der Waals surface area contributed by atoms with E-state index in [4.69, 9.17) is 9.47 Å². The van der Waals surface area contributed by atoms with Crippen LogP contribution in [0.4, 0.5) is 0 Å². The Morgan fingerprint density at radius 1 is 0.923 bits per heavy atom. The average molecular weight is 378 g/mol. The van der Waals surface area contributed by atoms with E-state index < -0.39 is 10.0 Å². The maximum absolute atomic E-state index is 12.8. The Morgan fingerprint density at radius 3 is 2.04 bits per heavy atom. The van der Waals surface area contributed by atoms with Gasteiger partial charge in [-0.1, -0.05) is 6.07 Å². The van der Waals surface area contributed by atoms with Gasteiger partial charge in [0, 0.05) is 0 Å². The molecule has 2 aromatic carbocycles. The molecule has 2 aromatic rings. The fourth-order valence-corrected chi connectivity index (χ4v) is 4.52. The number of hydrogen-bond donors (Lipinski definition) is 1. The van der Waals surface area contributed by atoms with Crippen molar-refractivity contribution in [3.05, 3.63) is 52.6 Å². The molecule has 0 aliphatic heterocycles. The van der Waals surface area contributed by atoms with Crippen LogP contribution in [0.3, 0.4) is 0 Å². The van der Waals surface area contributed by atoms with Gasteiger partial charge in [-0.3, -0.25) is 0 Å². The summed E-state index contributed by atoms with van der Waals surface area (Å²) in [5.74, 6) is 1.38. The molecule has 0 saturated heterocycles. The molecular weight excluding hydrogens is 350 g/mol. The van der Waals surface area contributed by atoms with Crippen molar-refractivity contribution in [2.45, 2.75) is 45.6 Å². The van der Waals surface area contributed by atoms with Gasteiger partial charge >= 0.3 is 0 Å². The van der Waals surface area contributed by atoms with Crippen molar-refractivity contribution >= 4 is 10.0 Å². The lowest BCUT2D eigenvalue weighted by Gasteiger charge is -2.18. The standard InChI is InChI=1S/C20H27NO4S/c1-13-7-8-18(9-14(13)2)25-12-17(5)21-26(22,23)20-15(3)10-19(24-6)11-16(20)4/h7-11,17,21H,12H2,1-6H3/t17-/m1/s1. The lowest BCUT2D eigenvalue weighted by molar-refractivity contribution is 0.287. The van der Waals surface area contributed by atoms with Crippen LogP contribution >= 0.6 is 0 Å². The molecule has 0 unspecified atom stereocenters. The Kier molecular flexibility index (Phi) is 6.31. The van der Waals surface area contributed by atoms with Crippen molar-refractivity contribution in [2.24, 2.45) is 0 Å². The topological polar surface area (TPSA) is 64.6 Å². The molecule has 0 amide bonds. The molecule has 0 spiro atoms. The van der Waals surface area contributed by atoms with E-state index in [1.807, 2.05) is 32.0 Å². The molecule has 5 nitrogen and oxygen atoms in total.